The molecule has 0 unspecified atom stereocenters. The normalized spacial score (nSPS) is 10.8. The Morgan fingerprint density at radius 3 is 1.25 bits per heavy atom. The number of benzene rings is 2. The number of unbranched alkanes of at least 4 members (excludes halogenated alkanes) is 3. The summed E-state index contributed by atoms with van der Waals surface area (Å²) >= 11 is 11.7. The van der Waals surface area contributed by atoms with Gasteiger partial charge in [-0.25, -0.2) is 0 Å². The van der Waals surface area contributed by atoms with Crippen molar-refractivity contribution in [2.45, 2.75) is 39.5 Å². The fourth-order valence-electron chi connectivity index (χ4n) is 2.42. The van der Waals surface area contributed by atoms with Crippen LogP contribution in [0.1, 0.15) is 39.5 Å². The first-order valence-electron chi connectivity index (χ1n) is 11.0. The molecule has 2 rings (SSSR count). The third-order valence-corrected chi connectivity index (χ3v) is 4.37. The molecule has 0 aromatic heterocycles. The highest BCUT2D eigenvalue weighted by Crippen LogP contribution is 2.14. The van der Waals surface area contributed by atoms with E-state index in [4.69, 9.17) is 54.5 Å². The number of aliphatic imine (C=N–C) groups is 2. The molecule has 0 fully saturated rings. The van der Waals surface area contributed by atoms with Crippen molar-refractivity contribution >= 4 is 58.4 Å². The maximum Gasteiger partial charge on any atom is 0.300 e. The molecule has 12 heteroatoms. The van der Waals surface area contributed by atoms with Crippen molar-refractivity contribution in [3.05, 3.63) is 58.6 Å². The zero-order chi connectivity index (χ0) is 27.3. The van der Waals surface area contributed by atoms with Crippen LogP contribution in [0.3, 0.4) is 0 Å². The molecule has 8 N–H and O–H groups in total. The van der Waals surface area contributed by atoms with Gasteiger partial charge in [-0.2, -0.15) is 0 Å². The summed E-state index contributed by atoms with van der Waals surface area (Å²) in [7, 11) is 0. The lowest BCUT2D eigenvalue weighted by molar-refractivity contribution is -0.135. The number of nitrogens with zero attached hydrogens (tertiary/aromatic N) is 2. The Hall–Kier alpha value is -3.50. The first-order chi connectivity index (χ1) is 17.0. The zero-order valence-corrected chi connectivity index (χ0v) is 21.9. The molecule has 0 bridgehead atoms. The summed E-state index contributed by atoms with van der Waals surface area (Å²) in [6.45, 7) is 3.55. The second-order valence-electron chi connectivity index (χ2n) is 7.25. The van der Waals surface area contributed by atoms with Crippen LogP contribution in [0.15, 0.2) is 58.5 Å². The number of carboxylic acids is 2. The molecule has 10 nitrogen and oxygen atoms in total. The molecule has 2 aromatic carbocycles. The molecule has 0 aliphatic rings. The highest BCUT2D eigenvalue weighted by atomic mass is 35.5. The van der Waals surface area contributed by atoms with Gasteiger partial charge < -0.3 is 32.3 Å². The minimum Gasteiger partial charge on any atom is -0.481 e. The molecule has 0 saturated carbocycles. The van der Waals surface area contributed by atoms with Gasteiger partial charge in [0.05, 0.1) is 0 Å². The van der Waals surface area contributed by atoms with Gasteiger partial charge in [-0.15, -0.1) is 0 Å². The third-order valence-electron chi connectivity index (χ3n) is 3.86. The number of guanidine groups is 2. The van der Waals surface area contributed by atoms with E-state index in [1.165, 1.54) is 0 Å². The Labute approximate surface area is 221 Å². The van der Waals surface area contributed by atoms with Crippen molar-refractivity contribution in [1.29, 1.82) is 0 Å². The smallest absolute Gasteiger partial charge is 0.300 e. The van der Waals surface area contributed by atoms with Gasteiger partial charge in [0.25, 0.3) is 11.9 Å². The number of halogens is 2. The van der Waals surface area contributed by atoms with Crippen LogP contribution in [-0.4, -0.2) is 47.2 Å². The molecule has 0 aliphatic heterocycles. The SMILES string of the molecule is CC(=O)O.CC(=O)O.NC(=NCCCCCCN=C(N)Nc1ccc(Cl)cc1)Nc1ccc(Cl)cc1. The number of rotatable bonds is 9. The summed E-state index contributed by atoms with van der Waals surface area (Å²) in [6, 6.07) is 14.7. The van der Waals surface area contributed by atoms with E-state index in [1.807, 2.05) is 24.3 Å². The average molecular weight is 541 g/mol. The summed E-state index contributed by atoms with van der Waals surface area (Å²) in [4.78, 5) is 26.6. The van der Waals surface area contributed by atoms with Crippen molar-refractivity contribution in [2.24, 2.45) is 21.5 Å². The molecule has 0 saturated heterocycles. The second-order valence-corrected chi connectivity index (χ2v) is 8.12. The summed E-state index contributed by atoms with van der Waals surface area (Å²) < 4.78 is 0. The largest absolute Gasteiger partial charge is 0.481 e. The van der Waals surface area contributed by atoms with E-state index in [0.717, 1.165) is 50.9 Å². The quantitative estimate of drug-likeness (QED) is 0.148. The van der Waals surface area contributed by atoms with Gasteiger partial charge >= 0.3 is 0 Å². The summed E-state index contributed by atoms with van der Waals surface area (Å²) in [5, 5.41) is 22.3. The molecule has 36 heavy (non-hydrogen) atoms. The summed E-state index contributed by atoms with van der Waals surface area (Å²) in [6.07, 6.45) is 4.09. The van der Waals surface area contributed by atoms with Crippen LogP contribution in [0.2, 0.25) is 10.0 Å². The standard InChI is InChI=1S/C20H26Cl2N6.2C2H4O2/c21-15-5-9-17(10-6-15)27-19(23)25-13-3-1-2-4-14-26-20(24)28-18-11-7-16(22)8-12-18;2*1-2(3)4/h5-12H,1-4,13-14H2,(H3,23,25,27)(H3,24,26,28);2*1H3,(H,3,4). The van der Waals surface area contributed by atoms with E-state index in [0.29, 0.717) is 35.1 Å². The third kappa shape index (κ3) is 21.1. The van der Waals surface area contributed by atoms with Crippen LogP contribution in [0.25, 0.3) is 0 Å². The van der Waals surface area contributed by atoms with E-state index in [-0.39, 0.29) is 0 Å². The number of carboxylic acid groups (broad SMARTS) is 2. The Balaban J connectivity index is 0.00000133. The molecular weight excluding hydrogens is 507 g/mol. The predicted molar refractivity (Wildman–Crippen MR) is 148 cm³/mol. The van der Waals surface area contributed by atoms with Gasteiger partial charge in [-0.3, -0.25) is 19.6 Å². The molecule has 0 amide bonds. The van der Waals surface area contributed by atoms with Crippen molar-refractivity contribution in [2.75, 3.05) is 23.7 Å². The number of aliphatic carboxylic acids is 2. The summed E-state index contributed by atoms with van der Waals surface area (Å²) in [5.41, 5.74) is 13.5. The van der Waals surface area contributed by atoms with Gasteiger partial charge in [-0.1, -0.05) is 36.0 Å². The van der Waals surface area contributed by atoms with Crippen molar-refractivity contribution in [1.82, 2.24) is 0 Å². The first kappa shape index (κ1) is 32.5. The molecule has 0 heterocycles. The van der Waals surface area contributed by atoms with Crippen LogP contribution in [0.5, 0.6) is 0 Å². The van der Waals surface area contributed by atoms with Crippen LogP contribution >= 0.6 is 23.2 Å². The van der Waals surface area contributed by atoms with Gasteiger partial charge in [0.15, 0.2) is 11.9 Å². The molecule has 0 spiro atoms. The minimum absolute atomic E-state index is 0.410. The van der Waals surface area contributed by atoms with Gasteiger partial charge in [0.1, 0.15) is 0 Å². The number of hydrogen-bond donors (Lipinski definition) is 6. The summed E-state index contributed by atoms with van der Waals surface area (Å²) in [5.74, 6) is -0.846. The Kier molecular flexibility index (Phi) is 17.8. The molecular formula is C24H34Cl2N6O4. The fourth-order valence-corrected chi connectivity index (χ4v) is 2.67. The van der Waals surface area contributed by atoms with Gasteiger partial charge in [0.2, 0.25) is 0 Å². The second kappa shape index (κ2) is 19.8. The monoisotopic (exact) mass is 540 g/mol. The topological polar surface area (TPSA) is 175 Å². The average Bonchev–Trinajstić information content (AvgIpc) is 2.78. The van der Waals surface area contributed by atoms with Crippen LogP contribution in [-0.2, 0) is 9.59 Å². The highest BCUT2D eigenvalue weighted by molar-refractivity contribution is 6.31. The maximum absolute atomic E-state index is 9.00. The maximum atomic E-state index is 9.00. The number of hydrogen-bond acceptors (Lipinski definition) is 4. The highest BCUT2D eigenvalue weighted by Gasteiger charge is 1.97. The minimum atomic E-state index is -0.833. The van der Waals surface area contributed by atoms with Gasteiger partial charge in [-0.05, 0) is 61.4 Å². The molecule has 0 aliphatic carbocycles. The van der Waals surface area contributed by atoms with E-state index < -0.39 is 11.9 Å². The Morgan fingerprint density at radius 1 is 0.694 bits per heavy atom. The van der Waals surface area contributed by atoms with Crippen LogP contribution in [0, 0.1) is 0 Å². The molecule has 0 radical (unpaired) electrons. The van der Waals surface area contributed by atoms with E-state index in [1.54, 1.807) is 24.3 Å². The van der Waals surface area contributed by atoms with Crippen LogP contribution < -0.4 is 22.1 Å². The van der Waals surface area contributed by atoms with Crippen molar-refractivity contribution in [3.8, 4) is 0 Å². The number of anilines is 2. The van der Waals surface area contributed by atoms with Gasteiger partial charge in [0, 0.05) is 48.4 Å². The number of carbonyl (C=O) groups is 2. The lowest BCUT2D eigenvalue weighted by Gasteiger charge is -2.06. The molecule has 0 atom stereocenters. The lowest BCUT2D eigenvalue weighted by Crippen LogP contribution is -2.22. The Morgan fingerprint density at radius 2 is 0.972 bits per heavy atom. The van der Waals surface area contributed by atoms with E-state index in [2.05, 4.69) is 20.6 Å². The van der Waals surface area contributed by atoms with E-state index >= 15 is 0 Å². The fraction of sp³-hybridized carbons (Fsp3) is 0.333. The number of nitrogens with one attached hydrogen (secondary N) is 2. The zero-order valence-electron chi connectivity index (χ0n) is 20.4. The van der Waals surface area contributed by atoms with Crippen LogP contribution in [0.4, 0.5) is 11.4 Å². The van der Waals surface area contributed by atoms with Crippen molar-refractivity contribution < 1.29 is 19.8 Å². The number of nitrogens with two attached hydrogens (primary N) is 2. The van der Waals surface area contributed by atoms with Crippen molar-refractivity contribution in [3.63, 3.8) is 0 Å². The Bertz CT molecular complexity index is 880. The van der Waals surface area contributed by atoms with E-state index in [9.17, 15) is 0 Å². The predicted octanol–water partition coefficient (Wildman–Crippen LogP) is 4.89. The first-order valence-corrected chi connectivity index (χ1v) is 11.8. The molecule has 198 valence electrons. The molecule has 2 aromatic rings. The lowest BCUT2D eigenvalue weighted by atomic mass is 10.2.